The van der Waals surface area contributed by atoms with Crippen molar-refractivity contribution >= 4 is 17.5 Å². The van der Waals surface area contributed by atoms with E-state index < -0.39 is 0 Å². The van der Waals surface area contributed by atoms with Crippen LogP contribution in [0.2, 0.25) is 0 Å². The first-order valence-electron chi connectivity index (χ1n) is 8.88. The van der Waals surface area contributed by atoms with E-state index in [4.69, 9.17) is 9.47 Å². The van der Waals surface area contributed by atoms with Gasteiger partial charge in [0.2, 0.25) is 11.8 Å². The summed E-state index contributed by atoms with van der Waals surface area (Å²) in [4.78, 5) is 27.0. The maximum absolute atomic E-state index is 13.1. The Morgan fingerprint density at radius 3 is 2.30 bits per heavy atom. The van der Waals surface area contributed by atoms with E-state index in [9.17, 15) is 9.59 Å². The molecule has 0 bridgehead atoms. The number of carbonyl (C=O) groups excluding carboxylic acids is 2. The van der Waals surface area contributed by atoms with Gasteiger partial charge in [-0.15, -0.1) is 0 Å². The van der Waals surface area contributed by atoms with Crippen molar-refractivity contribution in [1.29, 1.82) is 0 Å². The summed E-state index contributed by atoms with van der Waals surface area (Å²) >= 11 is 0. The van der Waals surface area contributed by atoms with E-state index in [1.54, 1.807) is 44.4 Å². The molecule has 6 nitrogen and oxygen atoms in total. The molecule has 0 unspecified atom stereocenters. The number of nitrogens with zero attached hydrogens (tertiary/aromatic N) is 1. The maximum Gasteiger partial charge on any atom is 0.229 e. The van der Waals surface area contributed by atoms with Crippen molar-refractivity contribution in [2.75, 3.05) is 26.6 Å². The normalized spacial score (nSPS) is 19.5. The molecule has 0 radical (unpaired) electrons. The minimum atomic E-state index is -0.340. The molecule has 0 spiro atoms. The fraction of sp³-hybridized carbons (Fsp3) is 0.333. The van der Waals surface area contributed by atoms with Gasteiger partial charge in [0.1, 0.15) is 11.5 Å². The first-order valence-corrected chi connectivity index (χ1v) is 8.88. The predicted molar refractivity (Wildman–Crippen MR) is 103 cm³/mol. The highest BCUT2D eigenvalue weighted by molar-refractivity contribution is 5.95. The molecule has 2 aromatic carbocycles. The van der Waals surface area contributed by atoms with E-state index in [1.807, 2.05) is 30.3 Å². The Bertz CT molecular complexity index is 800. The van der Waals surface area contributed by atoms with Gasteiger partial charge in [0, 0.05) is 37.4 Å². The molecule has 1 fully saturated rings. The first kappa shape index (κ1) is 18.8. The molecule has 2 aromatic rings. The largest absolute Gasteiger partial charge is 0.497 e. The molecule has 1 aliphatic rings. The van der Waals surface area contributed by atoms with E-state index in [-0.39, 0.29) is 23.8 Å². The number of amides is 2. The Balaban J connectivity index is 1.87. The molecule has 0 aromatic heterocycles. The highest BCUT2D eigenvalue weighted by atomic mass is 16.5. The standard InChI is InChI=1S/C21H24N2O4/c1-23-19(24)10-9-18(20(23)14-7-5-4-6-8-14)21(25)22-15-11-16(26-2)13-17(12-15)27-3/h4-8,11-13,18,20H,9-10H2,1-3H3,(H,22,25)/t18-,20+/m1/s1. The summed E-state index contributed by atoms with van der Waals surface area (Å²) in [5.41, 5.74) is 1.55. The van der Waals surface area contributed by atoms with Gasteiger partial charge in [-0.05, 0) is 12.0 Å². The van der Waals surface area contributed by atoms with Gasteiger partial charge in [0.25, 0.3) is 0 Å². The molecular weight excluding hydrogens is 344 g/mol. The lowest BCUT2D eigenvalue weighted by Gasteiger charge is -2.38. The number of hydrogen-bond donors (Lipinski definition) is 1. The van der Waals surface area contributed by atoms with Crippen molar-refractivity contribution in [3.63, 3.8) is 0 Å². The van der Waals surface area contributed by atoms with Crippen molar-refractivity contribution in [3.8, 4) is 11.5 Å². The Morgan fingerprint density at radius 1 is 1.07 bits per heavy atom. The molecule has 142 valence electrons. The van der Waals surface area contributed by atoms with Gasteiger partial charge in [0.15, 0.2) is 0 Å². The third kappa shape index (κ3) is 4.05. The third-order valence-electron chi connectivity index (χ3n) is 4.96. The molecule has 1 N–H and O–H groups in total. The highest BCUT2D eigenvalue weighted by Gasteiger charge is 2.38. The number of methoxy groups -OCH3 is 2. The van der Waals surface area contributed by atoms with Crippen LogP contribution in [0.5, 0.6) is 11.5 Å². The number of piperidine rings is 1. The third-order valence-corrected chi connectivity index (χ3v) is 4.96. The molecular formula is C21H24N2O4. The van der Waals surface area contributed by atoms with Gasteiger partial charge in [-0.3, -0.25) is 9.59 Å². The smallest absolute Gasteiger partial charge is 0.229 e. The summed E-state index contributed by atoms with van der Waals surface area (Å²) in [5, 5.41) is 2.96. The fourth-order valence-corrected chi connectivity index (χ4v) is 3.53. The van der Waals surface area contributed by atoms with Crippen LogP contribution in [-0.4, -0.2) is 38.0 Å². The Morgan fingerprint density at radius 2 is 1.70 bits per heavy atom. The lowest BCUT2D eigenvalue weighted by Crippen LogP contribution is -2.44. The Hall–Kier alpha value is -3.02. The Labute approximate surface area is 159 Å². The van der Waals surface area contributed by atoms with Crippen LogP contribution in [0.4, 0.5) is 5.69 Å². The molecule has 2 atom stereocenters. The van der Waals surface area contributed by atoms with Crippen LogP contribution in [0.15, 0.2) is 48.5 Å². The topological polar surface area (TPSA) is 67.9 Å². The molecule has 2 amide bonds. The summed E-state index contributed by atoms with van der Waals surface area (Å²) in [6.07, 6.45) is 0.870. The number of rotatable bonds is 5. The summed E-state index contributed by atoms with van der Waals surface area (Å²) in [5.74, 6) is 0.780. The summed E-state index contributed by atoms with van der Waals surface area (Å²) < 4.78 is 10.5. The second-order valence-corrected chi connectivity index (χ2v) is 6.60. The second-order valence-electron chi connectivity index (χ2n) is 6.60. The van der Waals surface area contributed by atoms with E-state index in [0.29, 0.717) is 30.0 Å². The van der Waals surface area contributed by atoms with Crippen LogP contribution in [0.25, 0.3) is 0 Å². The molecule has 1 aliphatic heterocycles. The zero-order valence-electron chi connectivity index (χ0n) is 15.8. The van der Waals surface area contributed by atoms with Crippen LogP contribution in [0, 0.1) is 5.92 Å². The SMILES string of the molecule is COc1cc(NC(=O)[C@@H]2CCC(=O)N(C)[C@H]2c2ccccc2)cc(OC)c1. The maximum atomic E-state index is 13.1. The minimum absolute atomic E-state index is 0.0518. The molecule has 0 saturated carbocycles. The number of carbonyl (C=O) groups is 2. The van der Waals surface area contributed by atoms with Crippen molar-refractivity contribution in [1.82, 2.24) is 4.90 Å². The van der Waals surface area contributed by atoms with E-state index in [1.165, 1.54) is 0 Å². The van der Waals surface area contributed by atoms with Crippen molar-refractivity contribution in [2.24, 2.45) is 5.92 Å². The number of nitrogens with one attached hydrogen (secondary N) is 1. The summed E-state index contributed by atoms with van der Waals surface area (Å²) in [7, 11) is 4.88. The zero-order chi connectivity index (χ0) is 19.4. The van der Waals surface area contributed by atoms with Crippen LogP contribution in [0.1, 0.15) is 24.4 Å². The van der Waals surface area contributed by atoms with Gasteiger partial charge in [-0.1, -0.05) is 30.3 Å². The zero-order valence-corrected chi connectivity index (χ0v) is 15.8. The number of ether oxygens (including phenoxy) is 2. The average Bonchev–Trinajstić information content (AvgIpc) is 2.70. The number of anilines is 1. The molecule has 6 heteroatoms. The highest BCUT2D eigenvalue weighted by Crippen LogP contribution is 2.37. The fourth-order valence-electron chi connectivity index (χ4n) is 3.53. The number of likely N-dealkylation sites (tertiary alicyclic amines) is 1. The van der Waals surface area contributed by atoms with Gasteiger partial charge in [0.05, 0.1) is 26.2 Å². The minimum Gasteiger partial charge on any atom is -0.497 e. The lowest BCUT2D eigenvalue weighted by atomic mass is 9.84. The summed E-state index contributed by atoms with van der Waals surface area (Å²) in [6.45, 7) is 0. The van der Waals surface area contributed by atoms with Crippen molar-refractivity contribution in [3.05, 3.63) is 54.1 Å². The molecule has 3 rings (SSSR count). The van der Waals surface area contributed by atoms with Crippen LogP contribution < -0.4 is 14.8 Å². The number of benzene rings is 2. The summed E-state index contributed by atoms with van der Waals surface area (Å²) in [6, 6.07) is 14.6. The monoisotopic (exact) mass is 368 g/mol. The molecule has 27 heavy (non-hydrogen) atoms. The van der Waals surface area contributed by atoms with Gasteiger partial charge in [-0.25, -0.2) is 0 Å². The first-order chi connectivity index (χ1) is 13.0. The van der Waals surface area contributed by atoms with E-state index >= 15 is 0 Å². The number of hydrogen-bond acceptors (Lipinski definition) is 4. The van der Waals surface area contributed by atoms with Crippen LogP contribution in [-0.2, 0) is 9.59 Å². The predicted octanol–water partition coefficient (Wildman–Crippen LogP) is 3.25. The van der Waals surface area contributed by atoms with Gasteiger partial charge >= 0.3 is 0 Å². The van der Waals surface area contributed by atoms with E-state index in [0.717, 1.165) is 5.56 Å². The van der Waals surface area contributed by atoms with Crippen LogP contribution in [0.3, 0.4) is 0 Å². The quantitative estimate of drug-likeness (QED) is 0.880. The van der Waals surface area contributed by atoms with Gasteiger partial charge in [-0.2, -0.15) is 0 Å². The van der Waals surface area contributed by atoms with E-state index in [2.05, 4.69) is 5.32 Å². The van der Waals surface area contributed by atoms with Crippen molar-refractivity contribution < 1.29 is 19.1 Å². The van der Waals surface area contributed by atoms with Gasteiger partial charge < -0.3 is 19.7 Å². The molecule has 0 aliphatic carbocycles. The lowest BCUT2D eigenvalue weighted by molar-refractivity contribution is -0.140. The Kier molecular flexibility index (Phi) is 5.64. The molecule has 1 saturated heterocycles. The van der Waals surface area contributed by atoms with Crippen molar-refractivity contribution in [2.45, 2.75) is 18.9 Å². The second kappa shape index (κ2) is 8.12. The molecule has 1 heterocycles. The average molecular weight is 368 g/mol. The van der Waals surface area contributed by atoms with Crippen LogP contribution >= 0.6 is 0 Å².